The maximum absolute atomic E-state index is 12.6. The number of amides is 3. The number of piperidine rings is 1. The number of hydrogen-bond acceptors (Lipinski definition) is 7. The average Bonchev–Trinajstić information content (AvgIpc) is 2.78. The molecule has 1 heterocycles. The lowest BCUT2D eigenvalue weighted by atomic mass is 9.90. The molecule has 10 N–H and O–H groups in total. The average molecular weight is 470 g/mol. The Morgan fingerprint density at radius 1 is 1.21 bits per heavy atom. The topological polar surface area (TPSA) is 231 Å². The molecule has 1 aliphatic rings. The van der Waals surface area contributed by atoms with Crippen molar-refractivity contribution in [2.75, 3.05) is 33.3 Å². The molecule has 1 fully saturated rings. The fraction of sp³-hybridized carbons (Fsp3) is 0.684. The Bertz CT molecular complexity index is 718. The van der Waals surface area contributed by atoms with Crippen molar-refractivity contribution in [3.63, 3.8) is 0 Å². The number of nitrogens with zero attached hydrogens (tertiary/aromatic N) is 2. The molecule has 0 radical (unpaired) electrons. The van der Waals surface area contributed by atoms with Crippen LogP contribution in [-0.2, 0) is 19.1 Å². The lowest BCUT2D eigenvalue weighted by molar-refractivity contribution is -0.128. The van der Waals surface area contributed by atoms with Crippen molar-refractivity contribution in [1.29, 1.82) is 5.41 Å². The van der Waals surface area contributed by atoms with Crippen LogP contribution < -0.4 is 33.2 Å². The molecule has 33 heavy (non-hydrogen) atoms. The maximum atomic E-state index is 12.6. The van der Waals surface area contributed by atoms with E-state index in [1.807, 2.05) is 0 Å². The van der Waals surface area contributed by atoms with Crippen molar-refractivity contribution < 1.29 is 23.9 Å². The Morgan fingerprint density at radius 3 is 2.42 bits per heavy atom. The minimum atomic E-state index is -0.902. The second kappa shape index (κ2) is 14.5. The van der Waals surface area contributed by atoms with Crippen LogP contribution in [0, 0.1) is 11.3 Å². The summed E-state index contributed by atoms with van der Waals surface area (Å²) >= 11 is 0. The predicted octanol–water partition coefficient (Wildman–Crippen LogP) is -2.44. The van der Waals surface area contributed by atoms with Crippen LogP contribution in [0.25, 0.3) is 0 Å². The summed E-state index contributed by atoms with van der Waals surface area (Å²) in [6.07, 6.45) is 2.41. The molecule has 0 aromatic carbocycles. The number of nitrogens with two attached hydrogens (primary N) is 3. The van der Waals surface area contributed by atoms with Crippen LogP contribution in [0.3, 0.4) is 0 Å². The van der Waals surface area contributed by atoms with Crippen molar-refractivity contribution in [2.45, 2.75) is 44.2 Å². The van der Waals surface area contributed by atoms with Crippen molar-refractivity contribution in [3.05, 3.63) is 0 Å². The molecule has 0 aliphatic carbocycles. The minimum absolute atomic E-state index is 0.00584. The van der Waals surface area contributed by atoms with E-state index < -0.39 is 30.0 Å². The molecule has 14 nitrogen and oxygen atoms in total. The highest BCUT2D eigenvalue weighted by atomic mass is 16.5. The molecule has 0 aromatic rings. The van der Waals surface area contributed by atoms with Gasteiger partial charge in [0, 0.05) is 19.6 Å². The number of carbonyl (C=O) groups is 4. The van der Waals surface area contributed by atoms with Crippen LogP contribution in [0.4, 0.5) is 4.79 Å². The zero-order chi connectivity index (χ0) is 24.8. The maximum Gasteiger partial charge on any atom is 0.407 e. The molecule has 1 aliphatic heterocycles. The number of aldehydes is 1. The van der Waals surface area contributed by atoms with E-state index in [4.69, 9.17) is 22.6 Å². The Balaban J connectivity index is 2.54. The van der Waals surface area contributed by atoms with Crippen molar-refractivity contribution in [2.24, 2.45) is 28.1 Å². The molecule has 0 spiro atoms. The monoisotopic (exact) mass is 469 g/mol. The number of nitrogens with one attached hydrogen (secondary N) is 4. The van der Waals surface area contributed by atoms with Crippen LogP contribution in [0.5, 0.6) is 0 Å². The van der Waals surface area contributed by atoms with Crippen LogP contribution >= 0.6 is 0 Å². The second-order valence-electron chi connectivity index (χ2n) is 7.72. The highest BCUT2D eigenvalue weighted by molar-refractivity contribution is 5.90. The van der Waals surface area contributed by atoms with E-state index in [-0.39, 0.29) is 24.4 Å². The minimum Gasteiger partial charge on any atom is -0.453 e. The molecule has 0 aromatic heterocycles. The smallest absolute Gasteiger partial charge is 0.407 e. The molecule has 186 valence electrons. The van der Waals surface area contributed by atoms with Crippen LogP contribution in [-0.4, -0.2) is 86.4 Å². The summed E-state index contributed by atoms with van der Waals surface area (Å²) in [6.45, 7) is 1.14. The summed E-state index contributed by atoms with van der Waals surface area (Å²) in [5, 5.41) is 15.0. The first-order chi connectivity index (χ1) is 15.7. The van der Waals surface area contributed by atoms with Crippen LogP contribution in [0.15, 0.2) is 4.99 Å². The van der Waals surface area contributed by atoms with E-state index in [0.717, 1.165) is 0 Å². The first-order valence-electron chi connectivity index (χ1n) is 10.7. The number of methoxy groups -OCH3 is 1. The lowest BCUT2D eigenvalue weighted by Crippen LogP contribution is -2.51. The quantitative estimate of drug-likeness (QED) is 0.0695. The van der Waals surface area contributed by atoms with Gasteiger partial charge in [0.15, 0.2) is 11.9 Å². The third-order valence-corrected chi connectivity index (χ3v) is 5.22. The summed E-state index contributed by atoms with van der Waals surface area (Å²) in [5.41, 5.74) is 16.0. The first kappa shape index (κ1) is 27.5. The van der Waals surface area contributed by atoms with E-state index in [0.29, 0.717) is 58.0 Å². The standard InChI is InChI=1S/C19H35N9O5/c1-33-19(32)27-14(9-12-4-7-28(8-5-12)18(22)23)16(31)25-10-15(30)26-13(11-29)3-2-6-24-17(20)21/h11-14H,2-10H2,1H3,(H3,22,23)(H,25,31)(H,26,30)(H,27,32)(H4,20,21,24)/t13-,14+/m0/s1. The van der Waals surface area contributed by atoms with Gasteiger partial charge in [0.05, 0.1) is 19.7 Å². The highest BCUT2D eigenvalue weighted by Crippen LogP contribution is 2.22. The van der Waals surface area contributed by atoms with Gasteiger partial charge in [-0.2, -0.15) is 0 Å². The number of rotatable bonds is 12. The predicted molar refractivity (Wildman–Crippen MR) is 121 cm³/mol. The number of alkyl carbamates (subject to hydrolysis) is 1. The van der Waals surface area contributed by atoms with E-state index in [1.54, 1.807) is 4.90 Å². The summed E-state index contributed by atoms with van der Waals surface area (Å²) in [6, 6.07) is -1.64. The molecule has 14 heteroatoms. The van der Waals surface area contributed by atoms with Crippen LogP contribution in [0.2, 0.25) is 0 Å². The number of aliphatic imine (C=N–C) groups is 1. The lowest BCUT2D eigenvalue weighted by Gasteiger charge is -2.33. The molecule has 0 bridgehead atoms. The third kappa shape index (κ3) is 11.0. The van der Waals surface area contributed by atoms with Gasteiger partial charge in [0.2, 0.25) is 11.8 Å². The van der Waals surface area contributed by atoms with Gasteiger partial charge in [-0.1, -0.05) is 0 Å². The second-order valence-corrected chi connectivity index (χ2v) is 7.72. The third-order valence-electron chi connectivity index (χ3n) is 5.22. The van der Waals surface area contributed by atoms with Gasteiger partial charge in [0.1, 0.15) is 12.3 Å². The fourth-order valence-electron chi connectivity index (χ4n) is 3.42. The molecular weight excluding hydrogens is 434 g/mol. The summed E-state index contributed by atoms with van der Waals surface area (Å²) in [5.74, 6) is -1.02. The Kier molecular flexibility index (Phi) is 12.0. The highest BCUT2D eigenvalue weighted by Gasteiger charge is 2.28. The Hall–Kier alpha value is -3.58. The van der Waals surface area contributed by atoms with Crippen molar-refractivity contribution >= 4 is 36.1 Å². The molecule has 0 unspecified atom stereocenters. The summed E-state index contributed by atoms with van der Waals surface area (Å²) < 4.78 is 4.60. The molecule has 1 rings (SSSR count). The fourth-order valence-corrected chi connectivity index (χ4v) is 3.42. The Morgan fingerprint density at radius 2 is 1.88 bits per heavy atom. The van der Waals surface area contributed by atoms with Gasteiger partial charge >= 0.3 is 6.09 Å². The number of carbonyl (C=O) groups excluding carboxylic acids is 4. The number of hydrogen-bond donors (Lipinski definition) is 7. The van der Waals surface area contributed by atoms with E-state index in [1.165, 1.54) is 7.11 Å². The van der Waals surface area contributed by atoms with E-state index in [2.05, 4.69) is 25.7 Å². The zero-order valence-corrected chi connectivity index (χ0v) is 18.8. The van der Waals surface area contributed by atoms with Gasteiger partial charge in [-0.25, -0.2) is 4.79 Å². The van der Waals surface area contributed by atoms with Gasteiger partial charge in [0.25, 0.3) is 0 Å². The first-order valence-corrected chi connectivity index (χ1v) is 10.7. The Labute approximate surface area is 192 Å². The largest absolute Gasteiger partial charge is 0.453 e. The number of ether oxygens (including phenoxy) is 1. The molecule has 2 atom stereocenters. The van der Waals surface area contributed by atoms with Gasteiger partial charge < -0.3 is 47.6 Å². The molecular formula is C19H35N9O5. The number of likely N-dealkylation sites (tertiary alicyclic amines) is 1. The summed E-state index contributed by atoms with van der Waals surface area (Å²) in [7, 11) is 1.19. The van der Waals surface area contributed by atoms with Gasteiger partial charge in [-0.05, 0) is 38.0 Å². The van der Waals surface area contributed by atoms with Crippen molar-refractivity contribution in [3.8, 4) is 0 Å². The van der Waals surface area contributed by atoms with E-state index >= 15 is 0 Å². The summed E-state index contributed by atoms with van der Waals surface area (Å²) in [4.78, 5) is 53.2. The van der Waals surface area contributed by atoms with Gasteiger partial charge in [-0.3, -0.25) is 20.0 Å². The van der Waals surface area contributed by atoms with Gasteiger partial charge in [-0.15, -0.1) is 0 Å². The van der Waals surface area contributed by atoms with Crippen LogP contribution in [0.1, 0.15) is 32.1 Å². The normalized spacial score (nSPS) is 15.5. The SMILES string of the molecule is COC(=O)N[C@H](CC1CCN(C(=N)N)CC1)C(=O)NCC(=O)N[C@H](C=O)CCCN=C(N)N. The molecule has 3 amide bonds. The molecule has 0 saturated carbocycles. The van der Waals surface area contributed by atoms with Crippen molar-refractivity contribution in [1.82, 2.24) is 20.9 Å². The van der Waals surface area contributed by atoms with E-state index in [9.17, 15) is 19.2 Å². The molecule has 1 saturated heterocycles. The number of guanidine groups is 2. The zero-order valence-electron chi connectivity index (χ0n) is 18.8.